The number of alkyl halides is 2. The first-order valence-electron chi connectivity index (χ1n) is 5.75. The molecular weight excluding hydrogens is 256 g/mol. The minimum atomic E-state index is -2.59. The number of carbonyl (C=O) groups excluding carboxylic acids is 1. The van der Waals surface area contributed by atoms with Crippen molar-refractivity contribution in [3.8, 4) is 11.5 Å². The molecule has 0 aliphatic carbocycles. The van der Waals surface area contributed by atoms with E-state index in [1.807, 2.05) is 19.2 Å². The Bertz CT molecular complexity index is 434. The van der Waals surface area contributed by atoms with E-state index < -0.39 is 18.9 Å². The van der Waals surface area contributed by atoms with Gasteiger partial charge in [-0.3, -0.25) is 4.79 Å². The summed E-state index contributed by atoms with van der Waals surface area (Å²) in [4.78, 5) is 11.0. The standard InChI is InChI=1S/C11H11F2NO3.C2H6/c12-10(13)6-14-11(17)4-2-7-1-3-8(15)9(16)5-7;1-2/h1-5,10,15-16H,6H2,(H,14,17);1-2H3/b4-2+;. The Morgan fingerprint density at radius 1 is 1.32 bits per heavy atom. The summed E-state index contributed by atoms with van der Waals surface area (Å²) in [5.41, 5.74) is 0.465. The molecule has 3 N–H and O–H groups in total. The van der Waals surface area contributed by atoms with Gasteiger partial charge in [-0.25, -0.2) is 8.78 Å². The Morgan fingerprint density at radius 3 is 2.47 bits per heavy atom. The number of phenols is 2. The first-order valence-corrected chi connectivity index (χ1v) is 5.75. The molecule has 0 fully saturated rings. The number of benzene rings is 1. The molecule has 0 saturated heterocycles. The summed E-state index contributed by atoms with van der Waals surface area (Å²) in [6.45, 7) is 3.30. The van der Waals surface area contributed by atoms with Crippen LogP contribution in [0.4, 0.5) is 8.78 Å². The zero-order chi connectivity index (χ0) is 14.8. The molecule has 1 aromatic rings. The van der Waals surface area contributed by atoms with E-state index in [0.29, 0.717) is 5.56 Å². The molecule has 1 rings (SSSR count). The van der Waals surface area contributed by atoms with E-state index >= 15 is 0 Å². The third-order valence-electron chi connectivity index (χ3n) is 1.86. The monoisotopic (exact) mass is 273 g/mol. The number of aromatic hydroxyl groups is 2. The molecule has 0 saturated carbocycles. The molecule has 0 atom stereocenters. The number of phenolic OH excluding ortho intramolecular Hbond substituents is 2. The molecule has 19 heavy (non-hydrogen) atoms. The van der Waals surface area contributed by atoms with Gasteiger partial charge in [0.2, 0.25) is 5.91 Å². The smallest absolute Gasteiger partial charge is 0.255 e. The van der Waals surface area contributed by atoms with Crippen LogP contribution in [0, 0.1) is 0 Å². The highest BCUT2D eigenvalue weighted by Crippen LogP contribution is 2.25. The molecule has 0 heterocycles. The predicted molar refractivity (Wildman–Crippen MR) is 69.2 cm³/mol. The SMILES string of the molecule is CC.O=C(/C=C/c1ccc(O)c(O)c1)NCC(F)F. The van der Waals surface area contributed by atoms with Gasteiger partial charge in [0.15, 0.2) is 11.5 Å². The van der Waals surface area contributed by atoms with Gasteiger partial charge in [0, 0.05) is 6.08 Å². The van der Waals surface area contributed by atoms with Crippen molar-refractivity contribution in [3.63, 3.8) is 0 Å². The van der Waals surface area contributed by atoms with Crippen molar-refractivity contribution in [1.29, 1.82) is 0 Å². The first-order chi connectivity index (χ1) is 8.99. The van der Waals surface area contributed by atoms with Crippen molar-refractivity contribution < 1.29 is 23.8 Å². The van der Waals surface area contributed by atoms with Gasteiger partial charge in [0.1, 0.15) is 0 Å². The number of amides is 1. The minimum absolute atomic E-state index is 0.274. The number of halogens is 2. The van der Waals surface area contributed by atoms with Crippen LogP contribution < -0.4 is 5.32 Å². The molecule has 0 radical (unpaired) electrons. The summed E-state index contributed by atoms with van der Waals surface area (Å²) in [7, 11) is 0. The average Bonchev–Trinajstić information content (AvgIpc) is 2.40. The second-order valence-electron chi connectivity index (χ2n) is 3.22. The lowest BCUT2D eigenvalue weighted by molar-refractivity contribution is -0.117. The Hall–Kier alpha value is -2.11. The summed E-state index contributed by atoms with van der Waals surface area (Å²) in [6.07, 6.45) is -0.196. The number of rotatable bonds is 4. The summed E-state index contributed by atoms with van der Waals surface area (Å²) in [6, 6.07) is 3.96. The largest absolute Gasteiger partial charge is 0.504 e. The molecule has 1 amide bonds. The lowest BCUT2D eigenvalue weighted by atomic mass is 10.2. The van der Waals surface area contributed by atoms with E-state index in [0.717, 1.165) is 6.08 Å². The maximum absolute atomic E-state index is 11.8. The lowest BCUT2D eigenvalue weighted by Gasteiger charge is -2.00. The Balaban J connectivity index is 0.00000154. The summed E-state index contributed by atoms with van der Waals surface area (Å²) >= 11 is 0. The van der Waals surface area contributed by atoms with E-state index in [-0.39, 0.29) is 11.5 Å². The van der Waals surface area contributed by atoms with Crippen LogP contribution in [0.5, 0.6) is 11.5 Å². The van der Waals surface area contributed by atoms with Gasteiger partial charge in [-0.05, 0) is 23.8 Å². The molecule has 0 aliphatic rings. The first kappa shape index (κ1) is 16.9. The van der Waals surface area contributed by atoms with E-state index in [1.54, 1.807) is 0 Å². The van der Waals surface area contributed by atoms with Crippen molar-refractivity contribution in [2.45, 2.75) is 20.3 Å². The van der Waals surface area contributed by atoms with E-state index in [4.69, 9.17) is 10.2 Å². The Kier molecular flexibility index (Phi) is 7.92. The zero-order valence-corrected chi connectivity index (χ0v) is 10.7. The number of nitrogens with one attached hydrogen (secondary N) is 1. The van der Waals surface area contributed by atoms with Gasteiger partial charge in [-0.1, -0.05) is 19.9 Å². The Labute approximate surface area is 110 Å². The minimum Gasteiger partial charge on any atom is -0.504 e. The highest BCUT2D eigenvalue weighted by molar-refractivity contribution is 5.91. The fourth-order valence-corrected chi connectivity index (χ4v) is 1.05. The van der Waals surface area contributed by atoms with Gasteiger partial charge < -0.3 is 15.5 Å². The zero-order valence-electron chi connectivity index (χ0n) is 10.7. The molecular formula is C13H17F2NO3. The van der Waals surface area contributed by atoms with Crippen LogP contribution >= 0.6 is 0 Å². The van der Waals surface area contributed by atoms with Crippen molar-refractivity contribution in [2.24, 2.45) is 0 Å². The predicted octanol–water partition coefficient (Wildman–Crippen LogP) is 2.52. The molecule has 0 spiro atoms. The van der Waals surface area contributed by atoms with Crippen LogP contribution in [0.3, 0.4) is 0 Å². The quantitative estimate of drug-likeness (QED) is 0.583. The number of hydrogen-bond donors (Lipinski definition) is 3. The summed E-state index contributed by atoms with van der Waals surface area (Å²) < 4.78 is 23.5. The van der Waals surface area contributed by atoms with Crippen LogP contribution in [-0.4, -0.2) is 29.1 Å². The van der Waals surface area contributed by atoms with Crippen LogP contribution in [0.2, 0.25) is 0 Å². The normalized spacial score (nSPS) is 10.2. The van der Waals surface area contributed by atoms with Gasteiger partial charge in [0.05, 0.1) is 6.54 Å². The molecule has 4 nitrogen and oxygen atoms in total. The van der Waals surface area contributed by atoms with Crippen LogP contribution in [0.15, 0.2) is 24.3 Å². The van der Waals surface area contributed by atoms with Crippen molar-refractivity contribution in [2.75, 3.05) is 6.54 Å². The van der Waals surface area contributed by atoms with E-state index in [9.17, 15) is 13.6 Å². The summed E-state index contributed by atoms with van der Waals surface area (Å²) in [5, 5.41) is 20.2. The molecule has 0 aromatic heterocycles. The van der Waals surface area contributed by atoms with Gasteiger partial charge >= 0.3 is 0 Å². The highest BCUT2D eigenvalue weighted by Gasteiger charge is 2.03. The molecule has 6 heteroatoms. The Morgan fingerprint density at radius 2 is 1.95 bits per heavy atom. The molecule has 0 bridgehead atoms. The summed E-state index contributed by atoms with van der Waals surface area (Å²) in [5.74, 6) is -1.25. The molecule has 1 aromatic carbocycles. The van der Waals surface area contributed by atoms with Gasteiger partial charge in [0.25, 0.3) is 6.43 Å². The molecule has 0 aliphatic heterocycles. The second-order valence-corrected chi connectivity index (χ2v) is 3.22. The van der Waals surface area contributed by atoms with Gasteiger partial charge in [-0.2, -0.15) is 0 Å². The number of hydrogen-bond acceptors (Lipinski definition) is 3. The molecule has 106 valence electrons. The lowest BCUT2D eigenvalue weighted by Crippen LogP contribution is -2.26. The highest BCUT2D eigenvalue weighted by atomic mass is 19.3. The van der Waals surface area contributed by atoms with Crippen molar-refractivity contribution >= 4 is 12.0 Å². The topological polar surface area (TPSA) is 69.6 Å². The third-order valence-corrected chi connectivity index (χ3v) is 1.86. The van der Waals surface area contributed by atoms with Crippen molar-refractivity contribution in [1.82, 2.24) is 5.32 Å². The maximum atomic E-state index is 11.8. The van der Waals surface area contributed by atoms with Crippen LogP contribution in [0.1, 0.15) is 19.4 Å². The van der Waals surface area contributed by atoms with E-state index in [2.05, 4.69) is 0 Å². The second kappa shape index (κ2) is 8.91. The fourth-order valence-electron chi connectivity index (χ4n) is 1.05. The molecule has 0 unspecified atom stereocenters. The average molecular weight is 273 g/mol. The number of carbonyl (C=O) groups is 1. The van der Waals surface area contributed by atoms with Crippen LogP contribution in [-0.2, 0) is 4.79 Å². The van der Waals surface area contributed by atoms with Crippen molar-refractivity contribution in [3.05, 3.63) is 29.8 Å². The third kappa shape index (κ3) is 7.03. The fraction of sp³-hybridized carbons (Fsp3) is 0.308. The van der Waals surface area contributed by atoms with Crippen LogP contribution in [0.25, 0.3) is 6.08 Å². The maximum Gasteiger partial charge on any atom is 0.255 e. The van der Waals surface area contributed by atoms with E-state index in [1.165, 1.54) is 24.3 Å². The van der Waals surface area contributed by atoms with Gasteiger partial charge in [-0.15, -0.1) is 0 Å².